The lowest BCUT2D eigenvalue weighted by Crippen LogP contribution is -2.28. The molecule has 11 aromatic rings. The maximum absolute atomic E-state index is 2.45. The van der Waals surface area contributed by atoms with Gasteiger partial charge in [0.05, 0.1) is 5.41 Å². The van der Waals surface area contributed by atoms with E-state index in [2.05, 4.69) is 266 Å². The lowest BCUT2D eigenvalue weighted by molar-refractivity contribution is 0.769. The normalized spacial score (nSPS) is 12.5. The molecule has 0 fully saturated rings. The molecular weight excluding hydrogens is 771 g/mol. The predicted octanol–water partition coefficient (Wildman–Crippen LogP) is 16.8. The Labute approximate surface area is 374 Å². The molecule has 11 aromatic carbocycles. The molecule has 0 saturated heterocycles. The van der Waals surface area contributed by atoms with Crippen molar-refractivity contribution in [2.24, 2.45) is 0 Å². The van der Waals surface area contributed by atoms with Gasteiger partial charge in [-0.25, -0.2) is 0 Å². The number of hydrogen-bond acceptors (Lipinski definition) is 1. The fourth-order valence-electron chi connectivity index (χ4n) is 10.4. The summed E-state index contributed by atoms with van der Waals surface area (Å²) >= 11 is 0. The third kappa shape index (κ3) is 6.24. The number of benzene rings is 11. The second-order valence-electron chi connectivity index (χ2n) is 16.9. The molecule has 1 heteroatoms. The highest BCUT2D eigenvalue weighted by Gasteiger charge is 2.46. The molecule has 1 aliphatic carbocycles. The van der Waals surface area contributed by atoms with Crippen LogP contribution >= 0.6 is 0 Å². The van der Waals surface area contributed by atoms with E-state index in [1.807, 2.05) is 0 Å². The summed E-state index contributed by atoms with van der Waals surface area (Å²) in [6.07, 6.45) is 0. The number of rotatable bonds is 8. The van der Waals surface area contributed by atoms with Crippen LogP contribution in [0.2, 0.25) is 0 Å². The molecule has 0 amide bonds. The Kier molecular flexibility index (Phi) is 9.13. The minimum absolute atomic E-state index is 0.452. The van der Waals surface area contributed by atoms with Crippen LogP contribution in [-0.2, 0) is 5.41 Å². The smallest absolute Gasteiger partial charge is 0.0713 e. The fraction of sp³-hybridized carbons (Fsp3) is 0.0159. The highest BCUT2D eigenvalue weighted by molar-refractivity contribution is 5.98. The molecule has 0 heterocycles. The first-order valence-electron chi connectivity index (χ1n) is 22.2. The maximum atomic E-state index is 2.45. The van der Waals surface area contributed by atoms with Crippen LogP contribution in [0.15, 0.2) is 261 Å². The number of nitrogens with zero attached hydrogens (tertiary/aromatic N) is 1. The van der Waals surface area contributed by atoms with Crippen LogP contribution in [0.4, 0.5) is 17.1 Å². The molecule has 0 aromatic heterocycles. The van der Waals surface area contributed by atoms with Gasteiger partial charge in [0.1, 0.15) is 0 Å². The van der Waals surface area contributed by atoms with Crippen molar-refractivity contribution in [3.63, 3.8) is 0 Å². The Hall–Kier alpha value is -8.26. The molecule has 64 heavy (non-hydrogen) atoms. The molecular formula is C63H43N. The average Bonchev–Trinajstić information content (AvgIpc) is 3.67. The Balaban J connectivity index is 0.991. The second-order valence-corrected chi connectivity index (χ2v) is 16.9. The fourth-order valence-corrected chi connectivity index (χ4v) is 10.4. The van der Waals surface area contributed by atoms with Crippen LogP contribution in [0.25, 0.3) is 66.1 Å². The lowest BCUT2D eigenvalue weighted by Gasteiger charge is -2.34. The zero-order valence-electron chi connectivity index (χ0n) is 35.3. The van der Waals surface area contributed by atoms with Gasteiger partial charge in [-0.15, -0.1) is 0 Å². The van der Waals surface area contributed by atoms with Crippen LogP contribution in [0, 0.1) is 0 Å². The monoisotopic (exact) mass is 813 g/mol. The minimum atomic E-state index is -0.452. The van der Waals surface area contributed by atoms with E-state index in [0.717, 1.165) is 17.1 Å². The molecule has 1 nitrogen and oxygen atoms in total. The third-order valence-corrected chi connectivity index (χ3v) is 13.3. The van der Waals surface area contributed by atoms with E-state index in [9.17, 15) is 0 Å². The SMILES string of the molecule is c1ccc(C2(c3ccccc3)c3ccccc3-c3ccc(-c4ccc(N(c5cccc(-c6ccc7ccccc7c6)c5)c5cccc(-c6cccc7ccccc67)c5)cc4)cc32)cc1. The van der Waals surface area contributed by atoms with E-state index < -0.39 is 5.41 Å². The van der Waals surface area contributed by atoms with Gasteiger partial charge in [-0.2, -0.15) is 0 Å². The molecule has 0 N–H and O–H groups in total. The van der Waals surface area contributed by atoms with Crippen molar-refractivity contribution in [1.82, 2.24) is 0 Å². The molecule has 0 radical (unpaired) electrons. The zero-order chi connectivity index (χ0) is 42.5. The van der Waals surface area contributed by atoms with E-state index in [1.165, 1.54) is 88.3 Å². The second kappa shape index (κ2) is 15.6. The van der Waals surface area contributed by atoms with Gasteiger partial charge < -0.3 is 4.90 Å². The minimum Gasteiger partial charge on any atom is -0.310 e. The van der Waals surface area contributed by atoms with Gasteiger partial charge in [-0.05, 0) is 137 Å². The topological polar surface area (TPSA) is 3.24 Å². The number of anilines is 3. The van der Waals surface area contributed by atoms with Gasteiger partial charge in [0, 0.05) is 17.1 Å². The molecule has 0 saturated carbocycles. The first-order chi connectivity index (χ1) is 31.7. The largest absolute Gasteiger partial charge is 0.310 e. The first kappa shape index (κ1) is 37.5. The molecule has 12 rings (SSSR count). The van der Waals surface area contributed by atoms with Gasteiger partial charge in [-0.1, -0.05) is 212 Å². The summed E-state index contributed by atoms with van der Waals surface area (Å²) in [5, 5.41) is 4.97. The summed E-state index contributed by atoms with van der Waals surface area (Å²) in [7, 11) is 0. The summed E-state index contributed by atoms with van der Waals surface area (Å²) < 4.78 is 0. The molecule has 1 aliphatic rings. The molecule has 0 unspecified atom stereocenters. The van der Waals surface area contributed by atoms with Crippen LogP contribution in [0.3, 0.4) is 0 Å². The van der Waals surface area contributed by atoms with Gasteiger partial charge >= 0.3 is 0 Å². The van der Waals surface area contributed by atoms with Crippen molar-refractivity contribution in [1.29, 1.82) is 0 Å². The molecule has 0 aliphatic heterocycles. The summed E-state index contributed by atoms with van der Waals surface area (Å²) in [5.41, 5.74) is 17.7. The Bertz CT molecular complexity index is 3450. The first-order valence-corrected chi connectivity index (χ1v) is 22.2. The van der Waals surface area contributed by atoms with E-state index in [4.69, 9.17) is 0 Å². The third-order valence-electron chi connectivity index (χ3n) is 13.3. The molecule has 0 atom stereocenters. The van der Waals surface area contributed by atoms with E-state index in [0.29, 0.717) is 0 Å². The molecule has 0 bridgehead atoms. The highest BCUT2D eigenvalue weighted by Crippen LogP contribution is 2.56. The van der Waals surface area contributed by atoms with Gasteiger partial charge in [0.2, 0.25) is 0 Å². The lowest BCUT2D eigenvalue weighted by atomic mass is 9.67. The Morgan fingerprint density at radius 1 is 0.250 bits per heavy atom. The van der Waals surface area contributed by atoms with Crippen molar-refractivity contribution >= 4 is 38.6 Å². The Morgan fingerprint density at radius 3 is 1.53 bits per heavy atom. The summed E-state index contributed by atoms with van der Waals surface area (Å²) in [5.74, 6) is 0. The average molecular weight is 814 g/mol. The summed E-state index contributed by atoms with van der Waals surface area (Å²) in [4.78, 5) is 2.40. The van der Waals surface area contributed by atoms with Gasteiger partial charge in [-0.3, -0.25) is 0 Å². The molecule has 0 spiro atoms. The van der Waals surface area contributed by atoms with Crippen molar-refractivity contribution in [3.8, 4) is 44.5 Å². The zero-order valence-corrected chi connectivity index (χ0v) is 35.3. The van der Waals surface area contributed by atoms with Crippen molar-refractivity contribution < 1.29 is 0 Å². The summed E-state index contributed by atoms with van der Waals surface area (Å²) in [6.45, 7) is 0. The van der Waals surface area contributed by atoms with Gasteiger partial charge in [0.25, 0.3) is 0 Å². The van der Waals surface area contributed by atoms with Crippen LogP contribution in [0.1, 0.15) is 22.3 Å². The standard InChI is InChI=1S/C63H43N/c1-3-22-52(23-4-1)63(53-24-5-2-6-25-53)61-31-12-11-29-59(61)60-39-36-50(43-62(60)63)45-34-37-54(38-35-45)64(55-26-13-20-48(41-55)49-33-32-44-16-7-8-18-47(44)40-49)56-27-14-21-51(42-56)58-30-15-19-46-17-9-10-28-57(46)58/h1-43H. The quantitative estimate of drug-likeness (QED) is 0.148. The van der Waals surface area contributed by atoms with Crippen LogP contribution < -0.4 is 4.90 Å². The summed E-state index contributed by atoms with van der Waals surface area (Å²) in [6, 6.07) is 95.8. The predicted molar refractivity (Wildman–Crippen MR) is 270 cm³/mol. The van der Waals surface area contributed by atoms with E-state index >= 15 is 0 Å². The van der Waals surface area contributed by atoms with Crippen LogP contribution in [0.5, 0.6) is 0 Å². The van der Waals surface area contributed by atoms with Crippen molar-refractivity contribution in [3.05, 3.63) is 283 Å². The Morgan fingerprint density at radius 2 is 0.766 bits per heavy atom. The van der Waals surface area contributed by atoms with Crippen molar-refractivity contribution in [2.45, 2.75) is 5.41 Å². The van der Waals surface area contributed by atoms with E-state index in [-0.39, 0.29) is 0 Å². The van der Waals surface area contributed by atoms with Gasteiger partial charge in [0.15, 0.2) is 0 Å². The number of hydrogen-bond donors (Lipinski definition) is 0. The van der Waals surface area contributed by atoms with Crippen LogP contribution in [-0.4, -0.2) is 0 Å². The highest BCUT2D eigenvalue weighted by atomic mass is 15.1. The maximum Gasteiger partial charge on any atom is 0.0713 e. The van der Waals surface area contributed by atoms with Crippen molar-refractivity contribution in [2.75, 3.05) is 4.90 Å². The number of fused-ring (bicyclic) bond motifs is 5. The molecule has 300 valence electrons. The van der Waals surface area contributed by atoms with E-state index in [1.54, 1.807) is 0 Å².